The molecule has 1 aromatic heterocycles. The highest BCUT2D eigenvalue weighted by atomic mass is 31.1. The van der Waals surface area contributed by atoms with Gasteiger partial charge < -0.3 is 14.2 Å². The Morgan fingerprint density at radius 1 is 1.12 bits per heavy atom. The van der Waals surface area contributed by atoms with Crippen LogP contribution in [0.25, 0.3) is 22.2 Å². The fourth-order valence-corrected chi connectivity index (χ4v) is 6.31. The SMILES string of the molecule is [B]C([B])([B])N(C)C1C[C@H](c2c(C=O)cccc2OC(F)F)n2c1nc1cc(F)c(-c3ccc(P(C)C)c(F)c3)cc12. The first-order chi connectivity index (χ1) is 19.3. The zero-order valence-corrected chi connectivity index (χ0v) is 23.4. The number of carbonyl (C=O) groups excluding carboxylic acids is 1. The minimum absolute atomic E-state index is 0.122. The summed E-state index contributed by atoms with van der Waals surface area (Å²) in [6.45, 7) is 0.695. The van der Waals surface area contributed by atoms with Crippen molar-refractivity contribution in [2.75, 3.05) is 20.4 Å². The van der Waals surface area contributed by atoms with Crippen LogP contribution in [-0.2, 0) is 0 Å². The van der Waals surface area contributed by atoms with Crippen LogP contribution in [0.1, 0.15) is 40.3 Å². The quantitative estimate of drug-likeness (QED) is 0.131. The van der Waals surface area contributed by atoms with Gasteiger partial charge in [0.15, 0.2) is 6.29 Å². The van der Waals surface area contributed by atoms with E-state index >= 15 is 4.39 Å². The van der Waals surface area contributed by atoms with Gasteiger partial charge in [-0.05, 0) is 50.6 Å². The highest BCUT2D eigenvalue weighted by molar-refractivity contribution is 7.64. The molecule has 13 heteroatoms. The average Bonchev–Trinajstić information content (AvgIpc) is 3.43. The van der Waals surface area contributed by atoms with Gasteiger partial charge in [-0.25, -0.2) is 13.8 Å². The lowest BCUT2D eigenvalue weighted by Gasteiger charge is -2.38. The van der Waals surface area contributed by atoms with Gasteiger partial charge in [-0.3, -0.25) is 4.79 Å². The van der Waals surface area contributed by atoms with Crippen LogP contribution >= 0.6 is 7.92 Å². The standard InChI is InChI=1S/C28H23B3F4N3O2P/c1-37(28(29,30)31)22-12-21(25-15(13-39)5-4-6-23(25)40-27(34)35)38-20-10-16(17(32)11-19(20)36-26(22)38)14-7-8-24(41(2)3)18(33)9-14/h4-11,13,21-22,27H,12H2,1-3H3/t21-,22?/m1/s1. The van der Waals surface area contributed by atoms with E-state index < -0.39 is 43.5 Å². The van der Waals surface area contributed by atoms with Crippen LogP contribution in [-0.4, -0.2) is 76.5 Å². The molecule has 1 unspecified atom stereocenters. The molecule has 1 aliphatic rings. The second-order valence-electron chi connectivity index (χ2n) is 10.2. The summed E-state index contributed by atoms with van der Waals surface area (Å²) in [4.78, 5) is 18.2. The van der Waals surface area contributed by atoms with Gasteiger partial charge in [0.2, 0.25) is 0 Å². The van der Waals surface area contributed by atoms with E-state index in [1.807, 2.05) is 13.3 Å². The maximum Gasteiger partial charge on any atom is 0.387 e. The second kappa shape index (κ2) is 11.0. The molecule has 3 aromatic carbocycles. The van der Waals surface area contributed by atoms with Gasteiger partial charge in [-0.1, -0.05) is 37.4 Å². The highest BCUT2D eigenvalue weighted by Gasteiger charge is 2.41. The van der Waals surface area contributed by atoms with E-state index in [0.717, 1.165) is 0 Å². The second-order valence-corrected chi connectivity index (χ2v) is 12.5. The van der Waals surface area contributed by atoms with Crippen LogP contribution in [0, 0.1) is 11.6 Å². The molecular weight excluding hydrogens is 550 g/mol. The van der Waals surface area contributed by atoms with Crippen LogP contribution in [0.5, 0.6) is 5.75 Å². The minimum Gasteiger partial charge on any atom is -0.434 e. The van der Waals surface area contributed by atoms with Gasteiger partial charge in [-0.2, -0.15) is 8.78 Å². The molecule has 0 saturated carbocycles. The minimum atomic E-state index is -3.15. The third-order valence-electron chi connectivity index (χ3n) is 7.46. The van der Waals surface area contributed by atoms with Crippen LogP contribution in [0.2, 0.25) is 0 Å². The van der Waals surface area contributed by atoms with E-state index in [0.29, 0.717) is 28.5 Å². The maximum atomic E-state index is 15.5. The fraction of sp³-hybridized carbons (Fsp3) is 0.286. The number of benzene rings is 3. The Labute approximate surface area is 240 Å². The van der Waals surface area contributed by atoms with E-state index in [1.165, 1.54) is 41.3 Å². The van der Waals surface area contributed by atoms with Gasteiger partial charge >= 0.3 is 6.61 Å². The first-order valence-electron chi connectivity index (χ1n) is 12.6. The van der Waals surface area contributed by atoms with Crippen LogP contribution < -0.4 is 10.0 Å². The van der Waals surface area contributed by atoms with Crippen molar-refractivity contribution in [1.29, 1.82) is 0 Å². The number of aldehydes is 1. The lowest BCUT2D eigenvalue weighted by Crippen LogP contribution is -2.49. The molecule has 5 nitrogen and oxygen atoms in total. The first-order valence-corrected chi connectivity index (χ1v) is 14.9. The Bertz CT molecular complexity index is 1640. The zero-order chi connectivity index (χ0) is 29.8. The molecular formula is C28H23B3F4N3O2P. The summed E-state index contributed by atoms with van der Waals surface area (Å²) < 4.78 is 63.7. The number of halogens is 4. The monoisotopic (exact) mass is 573 g/mol. The average molecular weight is 573 g/mol. The number of hydrogen-bond donors (Lipinski definition) is 0. The Hall–Kier alpha value is -3.10. The molecule has 0 spiro atoms. The smallest absolute Gasteiger partial charge is 0.387 e. The van der Waals surface area contributed by atoms with Gasteiger partial charge in [-0.15, -0.1) is 0 Å². The lowest BCUT2D eigenvalue weighted by atomic mass is 9.48. The van der Waals surface area contributed by atoms with Gasteiger partial charge in [0, 0.05) is 28.1 Å². The van der Waals surface area contributed by atoms with Crippen molar-refractivity contribution < 1.29 is 27.1 Å². The van der Waals surface area contributed by atoms with Crippen molar-refractivity contribution >= 4 is 54.1 Å². The number of aromatic nitrogens is 2. The molecule has 0 bridgehead atoms. The van der Waals surface area contributed by atoms with Crippen LogP contribution in [0.3, 0.4) is 0 Å². The predicted molar refractivity (Wildman–Crippen MR) is 155 cm³/mol. The maximum absolute atomic E-state index is 15.5. The highest BCUT2D eigenvalue weighted by Crippen LogP contribution is 2.48. The van der Waals surface area contributed by atoms with E-state index in [9.17, 15) is 18.0 Å². The zero-order valence-electron chi connectivity index (χ0n) is 22.5. The van der Waals surface area contributed by atoms with Crippen molar-refractivity contribution in [1.82, 2.24) is 14.5 Å². The summed E-state index contributed by atoms with van der Waals surface area (Å²) in [5.74, 6) is -0.877. The van der Waals surface area contributed by atoms with E-state index in [1.54, 1.807) is 23.7 Å². The molecule has 6 radical (unpaired) electrons. The summed E-state index contributed by atoms with van der Waals surface area (Å²) in [5.41, 5.74) is 1.44. The molecule has 41 heavy (non-hydrogen) atoms. The van der Waals surface area contributed by atoms with E-state index in [4.69, 9.17) is 28.3 Å². The number of ether oxygens (including phenoxy) is 1. The third kappa shape index (κ3) is 5.32. The molecule has 0 N–H and O–H groups in total. The Morgan fingerprint density at radius 2 is 1.85 bits per heavy atom. The number of alkyl halides is 2. The first kappa shape index (κ1) is 29.4. The molecule has 4 aromatic rings. The summed E-state index contributed by atoms with van der Waals surface area (Å²) in [5, 5.41) is -1.23. The number of carbonyl (C=O) groups is 1. The summed E-state index contributed by atoms with van der Waals surface area (Å²) in [6, 6.07) is 10.2. The number of nitrogens with zero attached hydrogens (tertiary/aromatic N) is 3. The predicted octanol–water partition coefficient (Wildman–Crippen LogP) is 4.85. The Kier molecular flexibility index (Phi) is 7.85. The topological polar surface area (TPSA) is 47.4 Å². The van der Waals surface area contributed by atoms with Crippen molar-refractivity contribution in [3.8, 4) is 16.9 Å². The Morgan fingerprint density at radius 3 is 2.46 bits per heavy atom. The third-order valence-corrected chi connectivity index (χ3v) is 8.78. The molecule has 204 valence electrons. The molecule has 0 saturated heterocycles. The number of rotatable bonds is 8. The largest absolute Gasteiger partial charge is 0.434 e. The van der Waals surface area contributed by atoms with Crippen molar-refractivity contribution in [2.45, 2.75) is 30.4 Å². The molecule has 0 amide bonds. The molecule has 1 aliphatic heterocycles. The van der Waals surface area contributed by atoms with Crippen LogP contribution in [0.15, 0.2) is 48.5 Å². The van der Waals surface area contributed by atoms with Crippen LogP contribution in [0.4, 0.5) is 17.6 Å². The van der Waals surface area contributed by atoms with Gasteiger partial charge in [0.1, 0.15) is 23.2 Å². The molecule has 2 heterocycles. The normalized spacial score (nSPS) is 17.1. The van der Waals surface area contributed by atoms with E-state index in [-0.39, 0.29) is 34.4 Å². The summed E-state index contributed by atoms with van der Waals surface area (Å²) >= 11 is 0. The van der Waals surface area contributed by atoms with Crippen molar-refractivity contribution in [3.63, 3.8) is 0 Å². The van der Waals surface area contributed by atoms with E-state index in [2.05, 4.69) is 4.98 Å². The summed E-state index contributed by atoms with van der Waals surface area (Å²) in [7, 11) is 18.8. The van der Waals surface area contributed by atoms with Gasteiger partial charge in [0.25, 0.3) is 0 Å². The fourth-order valence-electron chi connectivity index (χ4n) is 5.45. The molecule has 2 atom stereocenters. The molecule has 0 fully saturated rings. The van der Waals surface area contributed by atoms with Crippen molar-refractivity contribution in [2.24, 2.45) is 0 Å². The number of hydrogen-bond acceptors (Lipinski definition) is 4. The summed E-state index contributed by atoms with van der Waals surface area (Å²) in [6.07, 6.45) is 0.730. The number of imidazole rings is 1. The van der Waals surface area contributed by atoms with Crippen molar-refractivity contribution in [3.05, 3.63) is 77.1 Å². The number of fused-ring (bicyclic) bond motifs is 3. The Balaban J connectivity index is 1.76. The molecule has 5 rings (SSSR count). The lowest BCUT2D eigenvalue weighted by molar-refractivity contribution is -0.0507. The molecule has 0 aliphatic carbocycles. The van der Waals surface area contributed by atoms with Gasteiger partial charge in [0.05, 0.1) is 46.7 Å².